The Balaban J connectivity index is 1.63. The van der Waals surface area contributed by atoms with Gasteiger partial charge < -0.3 is 5.32 Å². The van der Waals surface area contributed by atoms with Crippen molar-refractivity contribution in [1.29, 1.82) is 0 Å². The van der Waals surface area contributed by atoms with E-state index in [1.807, 2.05) is 30.3 Å². The molecule has 3 aromatic carbocycles. The van der Waals surface area contributed by atoms with Gasteiger partial charge in [-0.2, -0.15) is 4.80 Å². The van der Waals surface area contributed by atoms with Crippen LogP contribution in [0, 0.1) is 0 Å². The highest BCUT2D eigenvalue weighted by Gasteiger charge is 2.12. The Kier molecular flexibility index (Phi) is 4.32. The molecule has 1 aromatic heterocycles. The monoisotopic (exact) mass is 382 g/mol. The Hall–Kier alpha value is -2.89. The summed E-state index contributed by atoms with van der Waals surface area (Å²) in [5.41, 5.74) is 3.17. The largest absolute Gasteiger partial charge is 0.322 e. The fourth-order valence-corrected chi connectivity index (χ4v) is 2.91. The fourth-order valence-electron chi connectivity index (χ4n) is 2.54. The number of anilines is 1. The maximum atomic E-state index is 12.5. The lowest BCUT2D eigenvalue weighted by Gasteiger charge is -2.07. The van der Waals surface area contributed by atoms with Crippen LogP contribution in [0.3, 0.4) is 0 Å². The number of fused-ring (bicyclic) bond motifs is 1. The fraction of sp³-hybridized carbons (Fsp3) is 0. The van der Waals surface area contributed by atoms with Crippen molar-refractivity contribution in [2.75, 3.05) is 5.32 Å². The Bertz CT molecular complexity index is 1110. The van der Waals surface area contributed by atoms with E-state index in [9.17, 15) is 4.79 Å². The van der Waals surface area contributed by atoms with Crippen molar-refractivity contribution in [1.82, 2.24) is 15.0 Å². The first-order valence-electron chi connectivity index (χ1n) is 7.79. The predicted molar refractivity (Wildman–Crippen MR) is 103 cm³/mol. The van der Waals surface area contributed by atoms with Gasteiger partial charge in [0, 0.05) is 10.7 Å². The van der Waals surface area contributed by atoms with Gasteiger partial charge in [-0.1, -0.05) is 41.4 Å². The molecule has 0 radical (unpaired) electrons. The van der Waals surface area contributed by atoms with Crippen LogP contribution in [0.1, 0.15) is 10.4 Å². The second-order valence-corrected chi connectivity index (χ2v) is 6.45. The third kappa shape index (κ3) is 3.27. The van der Waals surface area contributed by atoms with E-state index in [0.717, 1.165) is 11.2 Å². The van der Waals surface area contributed by atoms with E-state index in [1.165, 1.54) is 6.07 Å². The summed E-state index contributed by atoms with van der Waals surface area (Å²) < 4.78 is 0. The number of rotatable bonds is 3. The second-order valence-electron chi connectivity index (χ2n) is 5.61. The van der Waals surface area contributed by atoms with Gasteiger partial charge in [0.2, 0.25) is 0 Å². The van der Waals surface area contributed by atoms with Crippen LogP contribution in [-0.4, -0.2) is 20.9 Å². The van der Waals surface area contributed by atoms with E-state index in [-0.39, 0.29) is 5.91 Å². The first-order chi connectivity index (χ1) is 12.6. The number of hydrogen-bond donors (Lipinski definition) is 1. The molecule has 4 rings (SSSR count). The molecule has 0 spiro atoms. The number of aromatic nitrogens is 3. The minimum Gasteiger partial charge on any atom is -0.322 e. The van der Waals surface area contributed by atoms with Crippen molar-refractivity contribution < 1.29 is 4.79 Å². The number of para-hydroxylation sites is 1. The summed E-state index contributed by atoms with van der Waals surface area (Å²) in [5.74, 6) is -0.340. The summed E-state index contributed by atoms with van der Waals surface area (Å²) in [6, 6.07) is 19.7. The number of halogens is 2. The molecule has 0 unspecified atom stereocenters. The van der Waals surface area contributed by atoms with Crippen LogP contribution in [0.4, 0.5) is 5.69 Å². The first-order valence-corrected chi connectivity index (χ1v) is 8.55. The van der Waals surface area contributed by atoms with Gasteiger partial charge in [-0.15, -0.1) is 10.2 Å². The quantitative estimate of drug-likeness (QED) is 0.543. The van der Waals surface area contributed by atoms with E-state index in [1.54, 1.807) is 35.1 Å². The summed E-state index contributed by atoms with van der Waals surface area (Å²) in [5, 5.41) is 12.5. The molecule has 128 valence electrons. The third-order valence-electron chi connectivity index (χ3n) is 3.80. The lowest BCUT2D eigenvalue weighted by Crippen LogP contribution is -2.12. The zero-order chi connectivity index (χ0) is 18.1. The molecule has 0 aliphatic heterocycles. The molecule has 0 aliphatic rings. The van der Waals surface area contributed by atoms with Crippen LogP contribution in [0.15, 0.2) is 66.7 Å². The van der Waals surface area contributed by atoms with Gasteiger partial charge in [0.05, 0.1) is 16.3 Å². The average Bonchev–Trinajstić information content (AvgIpc) is 3.08. The topological polar surface area (TPSA) is 59.8 Å². The van der Waals surface area contributed by atoms with Crippen molar-refractivity contribution in [3.8, 4) is 5.69 Å². The van der Waals surface area contributed by atoms with Crippen LogP contribution >= 0.6 is 23.2 Å². The van der Waals surface area contributed by atoms with Crippen LogP contribution in [0.25, 0.3) is 16.7 Å². The Labute approximate surface area is 159 Å². The molecule has 0 aliphatic carbocycles. The van der Waals surface area contributed by atoms with Crippen molar-refractivity contribution >= 4 is 45.8 Å². The van der Waals surface area contributed by atoms with Gasteiger partial charge in [0.15, 0.2) is 0 Å². The van der Waals surface area contributed by atoms with Gasteiger partial charge in [-0.05, 0) is 48.5 Å². The van der Waals surface area contributed by atoms with E-state index >= 15 is 0 Å². The zero-order valence-electron chi connectivity index (χ0n) is 13.4. The van der Waals surface area contributed by atoms with Crippen molar-refractivity contribution in [3.05, 3.63) is 82.3 Å². The highest BCUT2D eigenvalue weighted by atomic mass is 35.5. The number of amides is 1. The molecular weight excluding hydrogens is 371 g/mol. The average molecular weight is 383 g/mol. The summed E-state index contributed by atoms with van der Waals surface area (Å²) in [7, 11) is 0. The standard InChI is InChI=1S/C19H12Cl2N4O/c20-12-6-8-16(21)15(10-12)19(26)22-13-7-9-17-18(11-13)24-25(23-17)14-4-2-1-3-5-14/h1-11H,(H,22,26). The van der Waals surface area contributed by atoms with E-state index in [2.05, 4.69) is 15.5 Å². The second kappa shape index (κ2) is 6.78. The molecule has 0 bridgehead atoms. The van der Waals surface area contributed by atoms with E-state index in [0.29, 0.717) is 26.8 Å². The third-order valence-corrected chi connectivity index (χ3v) is 4.36. The maximum Gasteiger partial charge on any atom is 0.257 e. The zero-order valence-corrected chi connectivity index (χ0v) is 14.9. The minimum atomic E-state index is -0.340. The lowest BCUT2D eigenvalue weighted by molar-refractivity contribution is 0.102. The molecule has 1 amide bonds. The van der Waals surface area contributed by atoms with E-state index < -0.39 is 0 Å². The minimum absolute atomic E-state index is 0.312. The first kappa shape index (κ1) is 16.6. The predicted octanol–water partition coefficient (Wildman–Crippen LogP) is 4.98. The number of hydrogen-bond acceptors (Lipinski definition) is 3. The van der Waals surface area contributed by atoms with Gasteiger partial charge in [-0.3, -0.25) is 4.79 Å². The molecule has 1 N–H and O–H groups in total. The summed E-state index contributed by atoms with van der Waals surface area (Å²) in [4.78, 5) is 14.0. The summed E-state index contributed by atoms with van der Waals surface area (Å²) >= 11 is 12.0. The molecular formula is C19H12Cl2N4O. The molecule has 5 nitrogen and oxygen atoms in total. The molecule has 7 heteroatoms. The molecule has 0 fully saturated rings. The van der Waals surface area contributed by atoms with Crippen LogP contribution in [0.2, 0.25) is 10.0 Å². The molecule has 0 saturated heterocycles. The number of benzene rings is 3. The number of carbonyl (C=O) groups is 1. The summed E-state index contributed by atoms with van der Waals surface area (Å²) in [6.45, 7) is 0. The molecule has 26 heavy (non-hydrogen) atoms. The maximum absolute atomic E-state index is 12.5. The van der Waals surface area contributed by atoms with Crippen molar-refractivity contribution in [3.63, 3.8) is 0 Å². The lowest BCUT2D eigenvalue weighted by atomic mass is 10.2. The van der Waals surface area contributed by atoms with E-state index in [4.69, 9.17) is 23.2 Å². The van der Waals surface area contributed by atoms with Crippen molar-refractivity contribution in [2.24, 2.45) is 0 Å². The molecule has 4 aromatic rings. The van der Waals surface area contributed by atoms with Gasteiger partial charge >= 0.3 is 0 Å². The normalized spacial score (nSPS) is 10.8. The number of carbonyl (C=O) groups excluding carboxylic acids is 1. The molecule has 0 atom stereocenters. The number of nitrogens with one attached hydrogen (secondary N) is 1. The highest BCUT2D eigenvalue weighted by Crippen LogP contribution is 2.23. The van der Waals surface area contributed by atoms with Crippen molar-refractivity contribution in [2.45, 2.75) is 0 Å². The molecule has 1 heterocycles. The Morgan fingerprint density at radius 1 is 0.885 bits per heavy atom. The van der Waals surface area contributed by atoms with Gasteiger partial charge in [-0.25, -0.2) is 0 Å². The van der Waals surface area contributed by atoms with Gasteiger partial charge in [0.1, 0.15) is 11.0 Å². The summed E-state index contributed by atoms with van der Waals surface area (Å²) in [6.07, 6.45) is 0. The van der Waals surface area contributed by atoms with Gasteiger partial charge in [0.25, 0.3) is 5.91 Å². The Morgan fingerprint density at radius 3 is 2.46 bits per heavy atom. The number of nitrogens with zero attached hydrogens (tertiary/aromatic N) is 3. The van der Waals surface area contributed by atoms with Crippen LogP contribution < -0.4 is 5.32 Å². The highest BCUT2D eigenvalue weighted by molar-refractivity contribution is 6.36. The smallest absolute Gasteiger partial charge is 0.257 e. The Morgan fingerprint density at radius 2 is 1.65 bits per heavy atom. The van der Waals surface area contributed by atoms with Crippen LogP contribution in [0.5, 0.6) is 0 Å². The van der Waals surface area contributed by atoms with Crippen LogP contribution in [-0.2, 0) is 0 Å². The SMILES string of the molecule is O=C(Nc1ccc2nn(-c3ccccc3)nc2c1)c1cc(Cl)ccc1Cl. The molecule has 0 saturated carbocycles.